The number of rotatable bonds is 4. The van der Waals surface area contributed by atoms with E-state index in [1.807, 2.05) is 25.2 Å². The number of fused-ring (bicyclic) bond motifs is 1. The fraction of sp³-hybridized carbons (Fsp3) is 0.368. The second-order valence-corrected chi connectivity index (χ2v) is 6.25. The molecule has 0 spiro atoms. The first-order valence-electron chi connectivity index (χ1n) is 7.97. The van der Waals surface area contributed by atoms with E-state index in [4.69, 9.17) is 9.47 Å². The normalized spacial score (nSPS) is 17.4. The summed E-state index contributed by atoms with van der Waals surface area (Å²) in [6, 6.07) is 9.36. The SMILES string of the molecule is COc1cccc(CC2CN(C)Cc3c2ccc(OC)c3O)c1O. The molecule has 1 heterocycles. The molecule has 1 unspecified atom stereocenters. The Morgan fingerprint density at radius 1 is 1.04 bits per heavy atom. The highest BCUT2D eigenvalue weighted by atomic mass is 16.5. The third-order valence-corrected chi connectivity index (χ3v) is 4.67. The molecule has 128 valence electrons. The summed E-state index contributed by atoms with van der Waals surface area (Å²) in [5.74, 6) is 1.55. The molecule has 2 aromatic rings. The van der Waals surface area contributed by atoms with Gasteiger partial charge in [-0.1, -0.05) is 18.2 Å². The van der Waals surface area contributed by atoms with E-state index in [0.717, 1.165) is 23.2 Å². The Balaban J connectivity index is 1.98. The Morgan fingerprint density at radius 2 is 1.75 bits per heavy atom. The molecule has 1 aliphatic rings. The Bertz CT molecular complexity index is 744. The smallest absolute Gasteiger partial charge is 0.162 e. The van der Waals surface area contributed by atoms with E-state index >= 15 is 0 Å². The Kier molecular flexibility index (Phi) is 4.53. The molecule has 1 aliphatic heterocycles. The highest BCUT2D eigenvalue weighted by Crippen LogP contribution is 2.41. The molecule has 0 saturated heterocycles. The van der Waals surface area contributed by atoms with Crippen LogP contribution in [0.1, 0.15) is 22.6 Å². The molecule has 0 radical (unpaired) electrons. The van der Waals surface area contributed by atoms with Crippen LogP contribution in [0.15, 0.2) is 30.3 Å². The number of nitrogens with zero attached hydrogens (tertiary/aromatic N) is 1. The number of phenols is 2. The first-order valence-corrected chi connectivity index (χ1v) is 7.97. The zero-order chi connectivity index (χ0) is 17.3. The molecule has 3 rings (SSSR count). The van der Waals surface area contributed by atoms with Crippen molar-refractivity contribution in [2.24, 2.45) is 0 Å². The summed E-state index contributed by atoms with van der Waals surface area (Å²) in [5.41, 5.74) is 2.85. The Hall–Kier alpha value is -2.40. The lowest BCUT2D eigenvalue weighted by molar-refractivity contribution is 0.269. The van der Waals surface area contributed by atoms with Gasteiger partial charge in [-0.15, -0.1) is 0 Å². The summed E-state index contributed by atoms with van der Waals surface area (Å²) < 4.78 is 10.4. The number of phenolic OH excluding ortho intramolecular Hbond substituents is 2. The van der Waals surface area contributed by atoms with E-state index in [1.54, 1.807) is 26.4 Å². The van der Waals surface area contributed by atoms with Crippen molar-refractivity contribution in [2.75, 3.05) is 27.8 Å². The molecule has 0 fully saturated rings. The number of methoxy groups -OCH3 is 2. The van der Waals surface area contributed by atoms with E-state index in [9.17, 15) is 10.2 Å². The summed E-state index contributed by atoms with van der Waals surface area (Å²) in [4.78, 5) is 2.17. The Morgan fingerprint density at radius 3 is 2.46 bits per heavy atom. The lowest BCUT2D eigenvalue weighted by Crippen LogP contribution is -2.31. The summed E-state index contributed by atoms with van der Waals surface area (Å²) in [6.07, 6.45) is 0.673. The van der Waals surface area contributed by atoms with Crippen molar-refractivity contribution in [1.82, 2.24) is 4.90 Å². The van der Waals surface area contributed by atoms with Gasteiger partial charge >= 0.3 is 0 Å². The van der Waals surface area contributed by atoms with Gasteiger partial charge in [0, 0.05) is 24.6 Å². The quantitative estimate of drug-likeness (QED) is 0.903. The molecule has 24 heavy (non-hydrogen) atoms. The van der Waals surface area contributed by atoms with Gasteiger partial charge in [-0.05, 0) is 36.7 Å². The molecule has 2 N–H and O–H groups in total. The van der Waals surface area contributed by atoms with Gasteiger partial charge in [0.05, 0.1) is 14.2 Å². The van der Waals surface area contributed by atoms with Crippen LogP contribution >= 0.6 is 0 Å². The predicted octanol–water partition coefficient (Wildman–Crippen LogP) is 2.89. The summed E-state index contributed by atoms with van der Waals surface area (Å²) in [6.45, 7) is 1.54. The maximum absolute atomic E-state index is 10.5. The lowest BCUT2D eigenvalue weighted by Gasteiger charge is -2.33. The molecule has 5 nitrogen and oxygen atoms in total. The van der Waals surface area contributed by atoms with E-state index in [2.05, 4.69) is 4.90 Å². The molecule has 1 atom stereocenters. The monoisotopic (exact) mass is 329 g/mol. The average Bonchev–Trinajstić information content (AvgIpc) is 2.57. The number of ether oxygens (including phenoxy) is 2. The van der Waals surface area contributed by atoms with Gasteiger partial charge in [0.1, 0.15) is 0 Å². The van der Waals surface area contributed by atoms with E-state index < -0.39 is 0 Å². The molecule has 0 saturated carbocycles. The van der Waals surface area contributed by atoms with Crippen LogP contribution in [-0.4, -0.2) is 42.9 Å². The number of likely N-dealkylation sites (N-methyl/N-ethyl adjacent to an activating group) is 1. The van der Waals surface area contributed by atoms with Gasteiger partial charge in [0.15, 0.2) is 23.0 Å². The van der Waals surface area contributed by atoms with Crippen molar-refractivity contribution in [1.29, 1.82) is 0 Å². The van der Waals surface area contributed by atoms with Gasteiger partial charge in [-0.25, -0.2) is 0 Å². The van der Waals surface area contributed by atoms with Crippen molar-refractivity contribution in [3.05, 3.63) is 47.0 Å². The fourth-order valence-electron chi connectivity index (χ4n) is 3.49. The maximum atomic E-state index is 10.5. The minimum absolute atomic E-state index is 0.175. The molecule has 0 bridgehead atoms. The van der Waals surface area contributed by atoms with Crippen LogP contribution in [0.4, 0.5) is 0 Å². The fourth-order valence-corrected chi connectivity index (χ4v) is 3.49. The summed E-state index contributed by atoms with van der Waals surface area (Å²) >= 11 is 0. The number of hydrogen-bond donors (Lipinski definition) is 2. The van der Waals surface area contributed by atoms with Crippen LogP contribution in [0, 0.1) is 0 Å². The third-order valence-electron chi connectivity index (χ3n) is 4.67. The van der Waals surface area contributed by atoms with E-state index in [0.29, 0.717) is 24.5 Å². The largest absolute Gasteiger partial charge is 0.504 e. The lowest BCUT2D eigenvalue weighted by atomic mass is 9.84. The molecule has 5 heteroatoms. The van der Waals surface area contributed by atoms with Crippen LogP contribution in [0.3, 0.4) is 0 Å². The van der Waals surface area contributed by atoms with Gasteiger partial charge in [0.2, 0.25) is 0 Å². The third kappa shape index (κ3) is 2.87. The van der Waals surface area contributed by atoms with Crippen LogP contribution in [0.25, 0.3) is 0 Å². The van der Waals surface area contributed by atoms with Gasteiger partial charge in [-0.2, -0.15) is 0 Å². The number of hydrogen-bond acceptors (Lipinski definition) is 5. The Labute approximate surface area is 142 Å². The molecule has 2 aromatic carbocycles. The summed E-state index contributed by atoms with van der Waals surface area (Å²) in [5, 5.41) is 20.8. The topological polar surface area (TPSA) is 62.2 Å². The van der Waals surface area contributed by atoms with Gasteiger partial charge in [-0.3, -0.25) is 0 Å². The highest BCUT2D eigenvalue weighted by molar-refractivity contribution is 5.53. The molecule has 0 aliphatic carbocycles. The average molecular weight is 329 g/mol. The van der Waals surface area contributed by atoms with Crippen LogP contribution in [-0.2, 0) is 13.0 Å². The zero-order valence-electron chi connectivity index (χ0n) is 14.2. The number of aromatic hydroxyl groups is 2. The molecular weight excluding hydrogens is 306 g/mol. The number of para-hydroxylation sites is 1. The first kappa shape index (κ1) is 16.5. The minimum Gasteiger partial charge on any atom is -0.504 e. The zero-order valence-corrected chi connectivity index (χ0v) is 14.2. The van der Waals surface area contributed by atoms with Crippen LogP contribution in [0.5, 0.6) is 23.0 Å². The van der Waals surface area contributed by atoms with Crippen LogP contribution < -0.4 is 9.47 Å². The van der Waals surface area contributed by atoms with Gasteiger partial charge < -0.3 is 24.6 Å². The predicted molar refractivity (Wildman–Crippen MR) is 92.1 cm³/mol. The second kappa shape index (κ2) is 6.61. The second-order valence-electron chi connectivity index (χ2n) is 6.25. The van der Waals surface area contributed by atoms with Crippen molar-refractivity contribution in [3.8, 4) is 23.0 Å². The summed E-state index contributed by atoms with van der Waals surface area (Å²) in [7, 11) is 5.13. The molecular formula is C19H23NO4. The van der Waals surface area contributed by atoms with E-state index in [-0.39, 0.29) is 17.4 Å². The highest BCUT2D eigenvalue weighted by Gasteiger charge is 2.28. The van der Waals surface area contributed by atoms with Crippen molar-refractivity contribution in [2.45, 2.75) is 18.9 Å². The van der Waals surface area contributed by atoms with Crippen molar-refractivity contribution >= 4 is 0 Å². The van der Waals surface area contributed by atoms with Crippen molar-refractivity contribution in [3.63, 3.8) is 0 Å². The molecule has 0 amide bonds. The van der Waals surface area contributed by atoms with Crippen molar-refractivity contribution < 1.29 is 19.7 Å². The molecule has 0 aromatic heterocycles. The van der Waals surface area contributed by atoms with Crippen LogP contribution in [0.2, 0.25) is 0 Å². The van der Waals surface area contributed by atoms with E-state index in [1.165, 1.54) is 0 Å². The maximum Gasteiger partial charge on any atom is 0.162 e. The van der Waals surface area contributed by atoms with Gasteiger partial charge in [0.25, 0.3) is 0 Å². The minimum atomic E-state index is 0.175. The first-order chi connectivity index (χ1) is 11.5. The number of benzene rings is 2. The standard InChI is InChI=1S/C19H23NO4/c1-20-10-13(9-12-5-4-6-16(23-2)18(12)21)14-7-8-17(24-3)19(22)15(14)11-20/h4-8,13,21-22H,9-11H2,1-3H3.